The average Bonchev–Trinajstić information content (AvgIpc) is 2.59. The molecule has 0 radical (unpaired) electrons. The predicted octanol–water partition coefficient (Wildman–Crippen LogP) is 1.76. The number of hydrogen-bond acceptors (Lipinski definition) is 3. The maximum atomic E-state index is 12.3. The van der Waals surface area contributed by atoms with E-state index in [1.54, 1.807) is 6.08 Å². The normalized spacial score (nSPS) is 28.1. The number of halogens is 1. The lowest BCUT2D eigenvalue weighted by molar-refractivity contribution is -0.155. The number of aliphatic carboxylic acids is 1. The number of allylic oxidation sites excluding steroid dienone is 2. The number of likely N-dealkylation sites (tertiary alicyclic amines) is 1. The van der Waals surface area contributed by atoms with Gasteiger partial charge < -0.3 is 5.11 Å². The van der Waals surface area contributed by atoms with E-state index in [9.17, 15) is 19.5 Å². The van der Waals surface area contributed by atoms with Crippen LogP contribution in [0.2, 0.25) is 0 Å². The summed E-state index contributed by atoms with van der Waals surface area (Å²) in [7, 11) is 0. The molecule has 1 saturated heterocycles. The fourth-order valence-corrected chi connectivity index (χ4v) is 3.05. The van der Waals surface area contributed by atoms with Gasteiger partial charge in [-0.25, -0.2) is 4.79 Å². The van der Waals surface area contributed by atoms with Gasteiger partial charge in [0, 0.05) is 5.03 Å². The number of carboxylic acid groups (broad SMARTS) is 1. The fraction of sp³-hybridized carbons (Fsp3) is 0.615. The second-order valence-corrected chi connectivity index (χ2v) is 5.48. The summed E-state index contributed by atoms with van der Waals surface area (Å²) in [6.45, 7) is 1.83. The third-order valence-corrected chi connectivity index (χ3v) is 4.07. The Balaban J connectivity index is 2.27. The standard InChI is InChI=1S/C13H16ClNO4/c1-2-3-10(13(18)19)15-11(16)8-5-4-7(14)6-9(8)12(15)17/h4,8-10H,2-3,5-6H2,1H3,(H,18,19)/t8-,9+,10-/m1/s1. The van der Waals surface area contributed by atoms with Gasteiger partial charge in [0.05, 0.1) is 11.8 Å². The van der Waals surface area contributed by atoms with E-state index in [-0.39, 0.29) is 18.2 Å². The summed E-state index contributed by atoms with van der Waals surface area (Å²) in [5, 5.41) is 9.78. The van der Waals surface area contributed by atoms with Crippen LogP contribution in [-0.2, 0) is 14.4 Å². The van der Waals surface area contributed by atoms with E-state index >= 15 is 0 Å². The van der Waals surface area contributed by atoms with Crippen molar-refractivity contribution in [1.82, 2.24) is 4.90 Å². The summed E-state index contributed by atoms with van der Waals surface area (Å²) in [5.74, 6) is -2.79. The molecule has 0 saturated carbocycles. The van der Waals surface area contributed by atoms with E-state index in [1.807, 2.05) is 6.92 Å². The van der Waals surface area contributed by atoms with Crippen molar-refractivity contribution in [3.05, 3.63) is 11.1 Å². The number of carboxylic acids is 1. The summed E-state index contributed by atoms with van der Waals surface area (Å²) in [5.41, 5.74) is 0. The molecule has 2 amide bonds. The number of carbonyl (C=O) groups is 3. The van der Waals surface area contributed by atoms with Crippen LogP contribution in [-0.4, -0.2) is 33.8 Å². The number of hydrogen-bond donors (Lipinski definition) is 1. The second-order valence-electron chi connectivity index (χ2n) is 4.99. The first-order valence-electron chi connectivity index (χ1n) is 6.41. The van der Waals surface area contributed by atoms with Crippen LogP contribution in [0, 0.1) is 11.8 Å². The van der Waals surface area contributed by atoms with Gasteiger partial charge in [0.15, 0.2) is 0 Å². The summed E-state index contributed by atoms with van der Waals surface area (Å²) >= 11 is 5.91. The molecule has 3 atom stereocenters. The first kappa shape index (κ1) is 14.1. The molecule has 0 aromatic carbocycles. The van der Waals surface area contributed by atoms with Gasteiger partial charge in [-0.05, 0) is 19.3 Å². The minimum absolute atomic E-state index is 0.285. The zero-order chi connectivity index (χ0) is 14.2. The molecule has 104 valence electrons. The Morgan fingerprint density at radius 3 is 2.68 bits per heavy atom. The third-order valence-electron chi connectivity index (χ3n) is 3.76. The van der Waals surface area contributed by atoms with E-state index < -0.39 is 23.8 Å². The zero-order valence-corrected chi connectivity index (χ0v) is 11.4. The Morgan fingerprint density at radius 1 is 1.47 bits per heavy atom. The average molecular weight is 286 g/mol. The summed E-state index contributed by atoms with van der Waals surface area (Å²) in [4.78, 5) is 36.7. The summed E-state index contributed by atoms with van der Waals surface area (Å²) in [6, 6.07) is -1.05. The molecule has 1 aliphatic carbocycles. The highest BCUT2D eigenvalue weighted by Crippen LogP contribution is 2.40. The van der Waals surface area contributed by atoms with Crippen LogP contribution in [0.25, 0.3) is 0 Å². The molecule has 0 aromatic heterocycles. The summed E-state index contributed by atoms with van der Waals surface area (Å²) in [6.07, 6.45) is 3.39. The fourth-order valence-electron chi connectivity index (χ4n) is 2.80. The van der Waals surface area contributed by atoms with Crippen LogP contribution in [0.5, 0.6) is 0 Å². The molecule has 1 N–H and O–H groups in total. The number of rotatable bonds is 4. The van der Waals surface area contributed by atoms with E-state index in [4.69, 9.17) is 11.6 Å². The van der Waals surface area contributed by atoms with Crippen LogP contribution in [0.4, 0.5) is 0 Å². The highest BCUT2D eigenvalue weighted by molar-refractivity contribution is 6.30. The van der Waals surface area contributed by atoms with Gasteiger partial charge in [0.2, 0.25) is 11.8 Å². The van der Waals surface area contributed by atoms with Gasteiger partial charge in [-0.3, -0.25) is 14.5 Å². The van der Waals surface area contributed by atoms with Crippen molar-refractivity contribution in [2.24, 2.45) is 11.8 Å². The molecule has 0 aromatic rings. The van der Waals surface area contributed by atoms with Crippen LogP contribution in [0.3, 0.4) is 0 Å². The zero-order valence-electron chi connectivity index (χ0n) is 10.6. The Morgan fingerprint density at radius 2 is 2.11 bits per heavy atom. The Labute approximate surface area is 116 Å². The van der Waals surface area contributed by atoms with Gasteiger partial charge in [0.25, 0.3) is 0 Å². The van der Waals surface area contributed by atoms with E-state index in [0.29, 0.717) is 24.3 Å². The number of amides is 2. The molecule has 19 heavy (non-hydrogen) atoms. The molecule has 1 heterocycles. The van der Waals surface area contributed by atoms with Crippen molar-refractivity contribution in [2.75, 3.05) is 0 Å². The molecule has 1 aliphatic heterocycles. The predicted molar refractivity (Wildman–Crippen MR) is 68.3 cm³/mol. The Kier molecular flexibility index (Phi) is 3.94. The number of imide groups is 1. The van der Waals surface area contributed by atoms with Gasteiger partial charge in [-0.1, -0.05) is 31.0 Å². The topological polar surface area (TPSA) is 74.7 Å². The molecule has 6 heteroatoms. The van der Waals surface area contributed by atoms with Crippen molar-refractivity contribution in [2.45, 2.75) is 38.6 Å². The van der Waals surface area contributed by atoms with Gasteiger partial charge >= 0.3 is 5.97 Å². The van der Waals surface area contributed by atoms with Crippen LogP contribution in [0.15, 0.2) is 11.1 Å². The molecule has 1 fully saturated rings. The van der Waals surface area contributed by atoms with E-state index in [0.717, 1.165) is 4.90 Å². The monoisotopic (exact) mass is 285 g/mol. The highest BCUT2D eigenvalue weighted by atomic mass is 35.5. The van der Waals surface area contributed by atoms with Gasteiger partial charge in [0.1, 0.15) is 6.04 Å². The smallest absolute Gasteiger partial charge is 0.326 e. The van der Waals surface area contributed by atoms with E-state index in [2.05, 4.69) is 0 Å². The number of fused-ring (bicyclic) bond motifs is 1. The first-order valence-corrected chi connectivity index (χ1v) is 6.79. The second kappa shape index (κ2) is 5.33. The minimum Gasteiger partial charge on any atom is -0.480 e. The maximum Gasteiger partial charge on any atom is 0.326 e. The molecule has 0 unspecified atom stereocenters. The Hall–Kier alpha value is -1.36. The largest absolute Gasteiger partial charge is 0.480 e. The van der Waals surface area contributed by atoms with Crippen molar-refractivity contribution >= 4 is 29.4 Å². The first-order chi connectivity index (χ1) is 8.97. The molecular weight excluding hydrogens is 270 g/mol. The van der Waals surface area contributed by atoms with Gasteiger partial charge in [-0.2, -0.15) is 0 Å². The third kappa shape index (κ3) is 2.39. The summed E-state index contributed by atoms with van der Waals surface area (Å²) < 4.78 is 0. The van der Waals surface area contributed by atoms with Crippen LogP contribution in [0.1, 0.15) is 32.6 Å². The molecular formula is C13H16ClNO4. The number of carbonyl (C=O) groups excluding carboxylic acids is 2. The Bertz CT molecular complexity index is 460. The van der Waals surface area contributed by atoms with Crippen molar-refractivity contribution < 1.29 is 19.5 Å². The lowest BCUT2D eigenvalue weighted by atomic mass is 9.85. The lowest BCUT2D eigenvalue weighted by Gasteiger charge is -2.22. The molecule has 0 bridgehead atoms. The molecule has 2 rings (SSSR count). The van der Waals surface area contributed by atoms with E-state index in [1.165, 1.54) is 0 Å². The molecule has 0 spiro atoms. The minimum atomic E-state index is -1.12. The van der Waals surface area contributed by atoms with Crippen LogP contribution < -0.4 is 0 Å². The SMILES string of the molecule is CCC[C@H](C(=O)O)N1C(=O)[C@H]2CC(Cl)=CC[C@H]2C1=O. The quantitative estimate of drug-likeness (QED) is 0.799. The van der Waals surface area contributed by atoms with Gasteiger partial charge in [-0.15, -0.1) is 0 Å². The van der Waals surface area contributed by atoms with Crippen molar-refractivity contribution in [1.29, 1.82) is 0 Å². The molecule has 2 aliphatic rings. The van der Waals surface area contributed by atoms with Crippen LogP contribution >= 0.6 is 11.6 Å². The van der Waals surface area contributed by atoms with Crippen molar-refractivity contribution in [3.63, 3.8) is 0 Å². The highest BCUT2D eigenvalue weighted by Gasteiger charge is 2.51. The van der Waals surface area contributed by atoms with Crippen molar-refractivity contribution in [3.8, 4) is 0 Å². The lowest BCUT2D eigenvalue weighted by Crippen LogP contribution is -2.45. The maximum absolute atomic E-state index is 12.3. The number of nitrogens with zero attached hydrogens (tertiary/aromatic N) is 1. The molecule has 5 nitrogen and oxygen atoms in total.